The Morgan fingerprint density at radius 2 is 2.07 bits per heavy atom. The predicted molar refractivity (Wildman–Crippen MR) is 59.5 cm³/mol. The molecule has 1 saturated carbocycles. The maximum Gasteiger partial charge on any atom is 0.0972 e. The lowest BCUT2D eigenvalue weighted by Crippen LogP contribution is -2.28. The van der Waals surface area contributed by atoms with Gasteiger partial charge in [0.2, 0.25) is 0 Å². The van der Waals surface area contributed by atoms with E-state index < -0.39 is 0 Å². The van der Waals surface area contributed by atoms with Gasteiger partial charge in [0.15, 0.2) is 0 Å². The molecule has 3 heteroatoms. The standard InChI is InChI=1S/C11H22N2O/c1-9(8-14-2)13-11(12)10-6-4-3-5-7-10/h9-10H,3-8H2,1-2H3,(H2,12,13). The van der Waals surface area contributed by atoms with Gasteiger partial charge >= 0.3 is 0 Å². The lowest BCUT2D eigenvalue weighted by Gasteiger charge is -2.21. The third-order valence-electron chi connectivity index (χ3n) is 2.80. The third-order valence-corrected chi connectivity index (χ3v) is 2.80. The van der Waals surface area contributed by atoms with Gasteiger partial charge in [-0.2, -0.15) is 0 Å². The number of hydrogen-bond donors (Lipinski definition) is 1. The second-order valence-corrected chi connectivity index (χ2v) is 4.19. The molecule has 1 atom stereocenters. The van der Waals surface area contributed by atoms with E-state index in [-0.39, 0.29) is 6.04 Å². The van der Waals surface area contributed by atoms with Gasteiger partial charge in [0, 0.05) is 13.0 Å². The number of methoxy groups -OCH3 is 1. The molecule has 2 N–H and O–H groups in total. The molecule has 0 aromatic heterocycles. The van der Waals surface area contributed by atoms with E-state index in [0.29, 0.717) is 12.5 Å². The molecular weight excluding hydrogens is 176 g/mol. The van der Waals surface area contributed by atoms with Crippen molar-refractivity contribution in [3.63, 3.8) is 0 Å². The molecule has 1 aliphatic rings. The zero-order chi connectivity index (χ0) is 10.4. The van der Waals surface area contributed by atoms with E-state index in [4.69, 9.17) is 10.5 Å². The number of amidine groups is 1. The highest BCUT2D eigenvalue weighted by atomic mass is 16.5. The number of rotatable bonds is 4. The predicted octanol–water partition coefficient (Wildman–Crippen LogP) is 1.96. The van der Waals surface area contributed by atoms with Crippen molar-refractivity contribution in [3.8, 4) is 0 Å². The van der Waals surface area contributed by atoms with Gasteiger partial charge in [-0.15, -0.1) is 0 Å². The first-order valence-electron chi connectivity index (χ1n) is 5.56. The largest absolute Gasteiger partial charge is 0.387 e. The van der Waals surface area contributed by atoms with Crippen molar-refractivity contribution in [2.24, 2.45) is 16.6 Å². The van der Waals surface area contributed by atoms with Gasteiger partial charge < -0.3 is 10.5 Å². The Bertz CT molecular complexity index is 186. The Labute approximate surface area is 86.7 Å². The van der Waals surface area contributed by atoms with Gasteiger partial charge in [-0.3, -0.25) is 4.99 Å². The van der Waals surface area contributed by atoms with Crippen molar-refractivity contribution in [2.75, 3.05) is 13.7 Å². The molecule has 0 heterocycles. The van der Waals surface area contributed by atoms with E-state index in [9.17, 15) is 0 Å². The van der Waals surface area contributed by atoms with Crippen LogP contribution in [0.4, 0.5) is 0 Å². The second kappa shape index (κ2) is 6.02. The highest BCUT2D eigenvalue weighted by Gasteiger charge is 2.17. The van der Waals surface area contributed by atoms with E-state index >= 15 is 0 Å². The SMILES string of the molecule is COCC(C)N=C(N)C1CCCCC1. The number of nitrogens with zero attached hydrogens (tertiary/aromatic N) is 1. The van der Waals surface area contributed by atoms with Gasteiger partial charge in [0.05, 0.1) is 18.5 Å². The number of aliphatic imine (C=N–C) groups is 1. The number of ether oxygens (including phenoxy) is 1. The van der Waals surface area contributed by atoms with Crippen LogP contribution in [-0.4, -0.2) is 25.6 Å². The van der Waals surface area contributed by atoms with Crippen LogP contribution in [0.5, 0.6) is 0 Å². The monoisotopic (exact) mass is 198 g/mol. The topological polar surface area (TPSA) is 47.6 Å². The Kier molecular flexibility index (Phi) is 4.94. The van der Waals surface area contributed by atoms with Crippen LogP contribution in [-0.2, 0) is 4.74 Å². The number of hydrogen-bond acceptors (Lipinski definition) is 2. The van der Waals surface area contributed by atoms with Gasteiger partial charge in [0.1, 0.15) is 0 Å². The van der Waals surface area contributed by atoms with Crippen molar-refractivity contribution < 1.29 is 4.74 Å². The summed E-state index contributed by atoms with van der Waals surface area (Å²) in [5.74, 6) is 1.37. The quantitative estimate of drug-likeness (QED) is 0.554. The molecule has 1 rings (SSSR count). The first-order valence-corrected chi connectivity index (χ1v) is 5.56. The molecule has 0 aromatic carbocycles. The molecule has 1 unspecified atom stereocenters. The average Bonchev–Trinajstić information content (AvgIpc) is 2.19. The van der Waals surface area contributed by atoms with Crippen molar-refractivity contribution >= 4 is 5.84 Å². The fraction of sp³-hybridized carbons (Fsp3) is 0.909. The van der Waals surface area contributed by atoms with E-state index in [1.807, 2.05) is 6.92 Å². The lowest BCUT2D eigenvalue weighted by molar-refractivity contribution is 0.185. The minimum absolute atomic E-state index is 0.196. The normalized spacial score (nSPS) is 22.3. The van der Waals surface area contributed by atoms with E-state index in [1.165, 1.54) is 32.1 Å². The molecule has 0 aromatic rings. The zero-order valence-corrected chi connectivity index (χ0v) is 9.33. The summed E-state index contributed by atoms with van der Waals surface area (Å²) < 4.78 is 5.03. The number of nitrogens with two attached hydrogens (primary N) is 1. The molecule has 82 valence electrons. The third kappa shape index (κ3) is 3.66. The summed E-state index contributed by atoms with van der Waals surface area (Å²) in [6.45, 7) is 2.70. The Morgan fingerprint density at radius 1 is 1.43 bits per heavy atom. The van der Waals surface area contributed by atoms with Crippen molar-refractivity contribution in [2.45, 2.75) is 45.1 Å². The molecule has 0 aliphatic heterocycles. The van der Waals surface area contributed by atoms with Crippen molar-refractivity contribution in [1.82, 2.24) is 0 Å². The van der Waals surface area contributed by atoms with Gasteiger partial charge in [-0.05, 0) is 19.8 Å². The summed E-state index contributed by atoms with van der Waals surface area (Å²) >= 11 is 0. The molecular formula is C11H22N2O. The Morgan fingerprint density at radius 3 is 2.64 bits per heavy atom. The summed E-state index contributed by atoms with van der Waals surface area (Å²) in [5, 5.41) is 0. The minimum atomic E-state index is 0.196. The second-order valence-electron chi connectivity index (χ2n) is 4.19. The molecule has 0 spiro atoms. The molecule has 0 radical (unpaired) electrons. The Hall–Kier alpha value is -0.570. The summed E-state index contributed by atoms with van der Waals surface area (Å²) in [5.41, 5.74) is 5.97. The average molecular weight is 198 g/mol. The van der Waals surface area contributed by atoms with E-state index in [2.05, 4.69) is 4.99 Å². The summed E-state index contributed by atoms with van der Waals surface area (Å²) in [6, 6.07) is 0.196. The van der Waals surface area contributed by atoms with Crippen molar-refractivity contribution in [3.05, 3.63) is 0 Å². The lowest BCUT2D eigenvalue weighted by atomic mass is 9.88. The van der Waals surface area contributed by atoms with Gasteiger partial charge in [-0.25, -0.2) is 0 Å². The van der Waals surface area contributed by atoms with Crippen LogP contribution in [0, 0.1) is 5.92 Å². The van der Waals surface area contributed by atoms with Crippen LogP contribution in [0.2, 0.25) is 0 Å². The summed E-state index contributed by atoms with van der Waals surface area (Å²) in [6.07, 6.45) is 6.40. The zero-order valence-electron chi connectivity index (χ0n) is 9.33. The van der Waals surface area contributed by atoms with Crippen LogP contribution in [0.1, 0.15) is 39.0 Å². The fourth-order valence-corrected chi connectivity index (χ4v) is 2.04. The van der Waals surface area contributed by atoms with E-state index in [1.54, 1.807) is 7.11 Å². The van der Waals surface area contributed by atoms with Crippen LogP contribution in [0.3, 0.4) is 0 Å². The minimum Gasteiger partial charge on any atom is -0.387 e. The molecule has 1 aliphatic carbocycles. The summed E-state index contributed by atoms with van der Waals surface area (Å²) in [7, 11) is 1.70. The highest BCUT2D eigenvalue weighted by Crippen LogP contribution is 2.23. The van der Waals surface area contributed by atoms with E-state index in [0.717, 1.165) is 5.84 Å². The smallest absolute Gasteiger partial charge is 0.0972 e. The molecule has 14 heavy (non-hydrogen) atoms. The highest BCUT2D eigenvalue weighted by molar-refractivity contribution is 5.83. The maximum absolute atomic E-state index is 5.97. The van der Waals surface area contributed by atoms with Crippen LogP contribution in [0.15, 0.2) is 4.99 Å². The van der Waals surface area contributed by atoms with Crippen LogP contribution in [0.25, 0.3) is 0 Å². The molecule has 0 amide bonds. The van der Waals surface area contributed by atoms with Crippen molar-refractivity contribution in [1.29, 1.82) is 0 Å². The first-order chi connectivity index (χ1) is 6.74. The maximum atomic E-state index is 5.97. The molecule has 3 nitrogen and oxygen atoms in total. The van der Waals surface area contributed by atoms with Crippen LogP contribution >= 0.6 is 0 Å². The Balaban J connectivity index is 2.40. The fourth-order valence-electron chi connectivity index (χ4n) is 2.04. The first kappa shape index (κ1) is 11.5. The molecule has 0 saturated heterocycles. The molecule has 0 bridgehead atoms. The van der Waals surface area contributed by atoms with Gasteiger partial charge in [-0.1, -0.05) is 19.3 Å². The van der Waals surface area contributed by atoms with Gasteiger partial charge in [0.25, 0.3) is 0 Å². The molecule has 1 fully saturated rings. The van der Waals surface area contributed by atoms with Crippen LogP contribution < -0.4 is 5.73 Å². The summed E-state index contributed by atoms with van der Waals surface area (Å²) in [4.78, 5) is 4.46.